The van der Waals surface area contributed by atoms with Crippen LogP contribution in [0.2, 0.25) is 0 Å². The zero-order valence-electron chi connectivity index (χ0n) is 12.2. The van der Waals surface area contributed by atoms with Crippen molar-refractivity contribution in [2.45, 2.75) is 13.5 Å². The molecule has 0 N–H and O–H groups in total. The van der Waals surface area contributed by atoms with Crippen LogP contribution in [-0.2, 0) is 16.1 Å². The zero-order valence-corrected chi connectivity index (χ0v) is 12.2. The number of benzene rings is 2. The van der Waals surface area contributed by atoms with Crippen molar-refractivity contribution in [3.8, 4) is 11.5 Å². The van der Waals surface area contributed by atoms with Gasteiger partial charge in [0.15, 0.2) is 11.5 Å². The third kappa shape index (κ3) is 3.47. The molecule has 0 amide bonds. The van der Waals surface area contributed by atoms with Crippen LogP contribution in [0.3, 0.4) is 0 Å². The van der Waals surface area contributed by atoms with Crippen molar-refractivity contribution >= 4 is 12.0 Å². The SMILES string of the molecule is Cc1ccc(COC(=O)/C=C/c2ccc3c(c2)OCO3)cc1. The fourth-order valence-electron chi connectivity index (χ4n) is 2.07. The lowest BCUT2D eigenvalue weighted by atomic mass is 10.2. The fraction of sp³-hybridized carbons (Fsp3) is 0.167. The molecule has 3 rings (SSSR count). The molecule has 2 aromatic carbocycles. The van der Waals surface area contributed by atoms with Gasteiger partial charge in [0.1, 0.15) is 6.61 Å². The van der Waals surface area contributed by atoms with E-state index < -0.39 is 0 Å². The van der Waals surface area contributed by atoms with E-state index in [9.17, 15) is 4.79 Å². The van der Waals surface area contributed by atoms with Gasteiger partial charge in [-0.2, -0.15) is 0 Å². The van der Waals surface area contributed by atoms with Gasteiger partial charge in [-0.1, -0.05) is 35.9 Å². The van der Waals surface area contributed by atoms with Crippen LogP contribution >= 0.6 is 0 Å². The van der Waals surface area contributed by atoms with Gasteiger partial charge in [-0.3, -0.25) is 0 Å². The van der Waals surface area contributed by atoms with Gasteiger partial charge in [0.25, 0.3) is 0 Å². The minimum Gasteiger partial charge on any atom is -0.458 e. The molecule has 0 atom stereocenters. The molecule has 0 fully saturated rings. The van der Waals surface area contributed by atoms with Gasteiger partial charge in [0.2, 0.25) is 6.79 Å². The van der Waals surface area contributed by atoms with Crippen LogP contribution < -0.4 is 9.47 Å². The lowest BCUT2D eigenvalue weighted by Crippen LogP contribution is -2.00. The summed E-state index contributed by atoms with van der Waals surface area (Å²) >= 11 is 0. The Morgan fingerprint density at radius 3 is 2.73 bits per heavy atom. The predicted molar refractivity (Wildman–Crippen MR) is 82.6 cm³/mol. The highest BCUT2D eigenvalue weighted by atomic mass is 16.7. The molecule has 0 spiro atoms. The molecule has 0 aliphatic carbocycles. The summed E-state index contributed by atoms with van der Waals surface area (Å²) in [4.78, 5) is 11.7. The Bertz CT molecular complexity index is 702. The Hall–Kier alpha value is -2.75. The monoisotopic (exact) mass is 296 g/mol. The van der Waals surface area contributed by atoms with Gasteiger partial charge in [-0.25, -0.2) is 4.79 Å². The Labute approximate surface area is 128 Å². The van der Waals surface area contributed by atoms with Crippen molar-refractivity contribution in [1.29, 1.82) is 0 Å². The standard InChI is InChI=1S/C18H16O4/c1-13-2-4-15(5-3-13)11-20-18(19)9-7-14-6-8-16-17(10-14)22-12-21-16/h2-10H,11-12H2,1H3/b9-7+. The van der Waals surface area contributed by atoms with Crippen LogP contribution in [0.25, 0.3) is 6.08 Å². The van der Waals surface area contributed by atoms with Crippen LogP contribution in [0.4, 0.5) is 0 Å². The molecule has 0 unspecified atom stereocenters. The van der Waals surface area contributed by atoms with Gasteiger partial charge in [0.05, 0.1) is 0 Å². The van der Waals surface area contributed by atoms with Crippen molar-refractivity contribution in [3.63, 3.8) is 0 Å². The average Bonchev–Trinajstić information content (AvgIpc) is 3.00. The number of ether oxygens (including phenoxy) is 3. The maximum atomic E-state index is 11.7. The van der Waals surface area contributed by atoms with Crippen molar-refractivity contribution in [2.75, 3.05) is 6.79 Å². The highest BCUT2D eigenvalue weighted by molar-refractivity contribution is 5.87. The van der Waals surface area contributed by atoms with E-state index >= 15 is 0 Å². The molecule has 22 heavy (non-hydrogen) atoms. The third-order valence-electron chi connectivity index (χ3n) is 3.31. The number of esters is 1. The second-order valence-electron chi connectivity index (χ2n) is 5.04. The molecule has 0 aromatic heterocycles. The molecule has 2 aromatic rings. The summed E-state index contributed by atoms with van der Waals surface area (Å²) in [7, 11) is 0. The summed E-state index contributed by atoms with van der Waals surface area (Å²) in [6, 6.07) is 13.4. The van der Waals surface area contributed by atoms with E-state index in [1.54, 1.807) is 6.08 Å². The van der Waals surface area contributed by atoms with Crippen molar-refractivity contribution in [1.82, 2.24) is 0 Å². The van der Waals surface area contributed by atoms with E-state index in [4.69, 9.17) is 14.2 Å². The molecule has 0 radical (unpaired) electrons. The van der Waals surface area contributed by atoms with Crippen molar-refractivity contribution < 1.29 is 19.0 Å². The lowest BCUT2D eigenvalue weighted by molar-refractivity contribution is -0.138. The summed E-state index contributed by atoms with van der Waals surface area (Å²) < 4.78 is 15.7. The molecule has 0 bridgehead atoms. The maximum absolute atomic E-state index is 11.7. The normalized spacial score (nSPS) is 12.6. The minimum absolute atomic E-state index is 0.237. The Morgan fingerprint density at radius 1 is 1.14 bits per heavy atom. The van der Waals surface area contributed by atoms with E-state index in [0.29, 0.717) is 5.75 Å². The summed E-state index contributed by atoms with van der Waals surface area (Å²) in [5, 5.41) is 0. The molecule has 4 heteroatoms. The van der Waals surface area contributed by atoms with Crippen LogP contribution in [0.15, 0.2) is 48.5 Å². The first-order valence-electron chi connectivity index (χ1n) is 7.01. The average molecular weight is 296 g/mol. The molecular weight excluding hydrogens is 280 g/mol. The van der Waals surface area contributed by atoms with Crippen molar-refractivity contribution in [3.05, 3.63) is 65.2 Å². The van der Waals surface area contributed by atoms with E-state index in [2.05, 4.69) is 0 Å². The molecule has 1 aliphatic heterocycles. The Kier molecular flexibility index (Phi) is 4.10. The first-order valence-corrected chi connectivity index (χ1v) is 7.01. The number of fused-ring (bicyclic) bond motifs is 1. The number of hydrogen-bond donors (Lipinski definition) is 0. The molecule has 1 heterocycles. The molecule has 112 valence electrons. The number of carbonyl (C=O) groups is 1. The maximum Gasteiger partial charge on any atom is 0.331 e. The second kappa shape index (κ2) is 6.35. The van der Waals surface area contributed by atoms with Gasteiger partial charge in [0, 0.05) is 6.08 Å². The molecule has 4 nitrogen and oxygen atoms in total. The first kappa shape index (κ1) is 14.2. The summed E-state index contributed by atoms with van der Waals surface area (Å²) in [6.45, 7) is 2.52. The van der Waals surface area contributed by atoms with E-state index in [-0.39, 0.29) is 19.4 Å². The molecule has 1 aliphatic rings. The second-order valence-corrected chi connectivity index (χ2v) is 5.04. The number of hydrogen-bond acceptors (Lipinski definition) is 4. The number of carbonyl (C=O) groups excluding carboxylic acids is 1. The minimum atomic E-state index is -0.377. The van der Waals surface area contributed by atoms with E-state index in [1.807, 2.05) is 49.4 Å². The first-order chi connectivity index (χ1) is 10.7. The molecule has 0 saturated carbocycles. The predicted octanol–water partition coefficient (Wildman–Crippen LogP) is 3.48. The van der Waals surface area contributed by atoms with Crippen LogP contribution in [0.5, 0.6) is 11.5 Å². The van der Waals surface area contributed by atoms with Crippen LogP contribution in [0.1, 0.15) is 16.7 Å². The zero-order chi connectivity index (χ0) is 15.4. The third-order valence-corrected chi connectivity index (χ3v) is 3.31. The number of rotatable bonds is 4. The van der Waals surface area contributed by atoms with E-state index in [0.717, 1.165) is 16.9 Å². The molecular formula is C18H16O4. The van der Waals surface area contributed by atoms with E-state index in [1.165, 1.54) is 11.6 Å². The summed E-state index contributed by atoms with van der Waals surface area (Å²) in [5.74, 6) is 1.03. The topological polar surface area (TPSA) is 44.8 Å². The quantitative estimate of drug-likeness (QED) is 0.640. The highest BCUT2D eigenvalue weighted by Crippen LogP contribution is 2.32. The van der Waals surface area contributed by atoms with Crippen LogP contribution in [0, 0.1) is 6.92 Å². The van der Waals surface area contributed by atoms with Gasteiger partial charge in [-0.15, -0.1) is 0 Å². The van der Waals surface area contributed by atoms with Crippen molar-refractivity contribution in [2.24, 2.45) is 0 Å². The van der Waals surface area contributed by atoms with Gasteiger partial charge in [-0.05, 0) is 36.3 Å². The number of aryl methyl sites for hydroxylation is 1. The summed E-state index contributed by atoms with van der Waals surface area (Å²) in [6.07, 6.45) is 3.10. The van der Waals surface area contributed by atoms with Gasteiger partial charge >= 0.3 is 5.97 Å². The van der Waals surface area contributed by atoms with Gasteiger partial charge < -0.3 is 14.2 Å². The Balaban J connectivity index is 1.56. The highest BCUT2D eigenvalue weighted by Gasteiger charge is 2.12. The largest absolute Gasteiger partial charge is 0.458 e. The lowest BCUT2D eigenvalue weighted by Gasteiger charge is -2.02. The summed E-state index contributed by atoms with van der Waals surface area (Å²) in [5.41, 5.74) is 3.00. The molecule has 0 saturated heterocycles. The smallest absolute Gasteiger partial charge is 0.331 e. The fourth-order valence-corrected chi connectivity index (χ4v) is 2.07. The van der Waals surface area contributed by atoms with Crippen LogP contribution in [-0.4, -0.2) is 12.8 Å². The Morgan fingerprint density at radius 2 is 1.91 bits per heavy atom.